The van der Waals surface area contributed by atoms with E-state index in [-0.39, 0.29) is 18.1 Å². The molecule has 1 aromatic rings. The SMILES string of the molecule is CN(C)C(=O)Cc1ccc(F)c(B2OC(C)(C)C(C)(C)O2)c1. The van der Waals surface area contributed by atoms with Crippen LogP contribution >= 0.6 is 0 Å². The van der Waals surface area contributed by atoms with E-state index in [1.165, 1.54) is 11.0 Å². The van der Waals surface area contributed by atoms with E-state index in [9.17, 15) is 9.18 Å². The quantitative estimate of drug-likeness (QED) is 0.799. The summed E-state index contributed by atoms with van der Waals surface area (Å²) in [6.07, 6.45) is 0.222. The summed E-state index contributed by atoms with van der Waals surface area (Å²) in [4.78, 5) is 13.3. The standard InChI is InChI=1S/C16H23BFNO3/c1-15(2)16(3,4)22-17(21-15)12-9-11(7-8-13(12)18)10-14(20)19(5)6/h7-9H,10H2,1-6H3. The van der Waals surface area contributed by atoms with Crippen LogP contribution in [0, 0.1) is 5.82 Å². The molecule has 0 saturated carbocycles. The second-order valence-electron chi connectivity index (χ2n) is 6.91. The molecule has 0 unspecified atom stereocenters. The van der Waals surface area contributed by atoms with E-state index in [0.29, 0.717) is 5.46 Å². The Labute approximate surface area is 131 Å². The first kappa shape index (κ1) is 17.0. The van der Waals surface area contributed by atoms with E-state index in [2.05, 4.69) is 0 Å². The van der Waals surface area contributed by atoms with Crippen LogP contribution in [0.15, 0.2) is 18.2 Å². The number of rotatable bonds is 3. The lowest BCUT2D eigenvalue weighted by molar-refractivity contribution is -0.127. The normalized spacial score (nSPS) is 19.3. The summed E-state index contributed by atoms with van der Waals surface area (Å²) in [6.45, 7) is 7.68. The zero-order valence-electron chi connectivity index (χ0n) is 14.1. The molecule has 1 aliphatic heterocycles. The molecule has 1 fully saturated rings. The first-order valence-corrected chi connectivity index (χ1v) is 7.37. The second kappa shape index (κ2) is 5.67. The minimum Gasteiger partial charge on any atom is -0.399 e. The Hall–Kier alpha value is -1.40. The maximum atomic E-state index is 14.2. The highest BCUT2D eigenvalue weighted by Crippen LogP contribution is 2.36. The van der Waals surface area contributed by atoms with Crippen molar-refractivity contribution >= 4 is 18.5 Å². The summed E-state index contributed by atoms with van der Waals surface area (Å²) in [5.74, 6) is -0.425. The van der Waals surface area contributed by atoms with E-state index in [4.69, 9.17) is 9.31 Å². The van der Waals surface area contributed by atoms with Gasteiger partial charge in [0.15, 0.2) is 0 Å². The number of hydrogen-bond donors (Lipinski definition) is 0. The number of carbonyl (C=O) groups is 1. The first-order chi connectivity index (χ1) is 10.0. The maximum Gasteiger partial charge on any atom is 0.497 e. The van der Waals surface area contributed by atoms with Crippen molar-refractivity contribution in [3.8, 4) is 0 Å². The molecule has 2 rings (SSSR count). The van der Waals surface area contributed by atoms with Crippen LogP contribution in [0.2, 0.25) is 0 Å². The number of amides is 1. The van der Waals surface area contributed by atoms with E-state index in [1.807, 2.05) is 27.7 Å². The molecule has 6 heteroatoms. The molecule has 1 amide bonds. The van der Waals surface area contributed by atoms with Crippen LogP contribution in [0.1, 0.15) is 33.3 Å². The number of carbonyl (C=O) groups excluding carboxylic acids is 1. The van der Waals surface area contributed by atoms with Crippen LogP contribution in [-0.2, 0) is 20.5 Å². The van der Waals surface area contributed by atoms with Crippen LogP contribution in [0.25, 0.3) is 0 Å². The van der Waals surface area contributed by atoms with Gasteiger partial charge >= 0.3 is 7.12 Å². The Morgan fingerprint density at radius 2 is 1.73 bits per heavy atom. The number of nitrogens with zero attached hydrogens (tertiary/aromatic N) is 1. The highest BCUT2D eigenvalue weighted by Gasteiger charge is 2.52. The van der Waals surface area contributed by atoms with Crippen molar-refractivity contribution in [2.75, 3.05) is 14.1 Å². The molecular formula is C16H23BFNO3. The topological polar surface area (TPSA) is 38.8 Å². The largest absolute Gasteiger partial charge is 0.497 e. The van der Waals surface area contributed by atoms with Crippen LogP contribution in [0.3, 0.4) is 0 Å². The van der Waals surface area contributed by atoms with Crippen molar-refractivity contribution in [3.63, 3.8) is 0 Å². The maximum absolute atomic E-state index is 14.2. The summed E-state index contributed by atoms with van der Waals surface area (Å²) in [5.41, 5.74) is 0.0200. The van der Waals surface area contributed by atoms with E-state index in [1.54, 1.807) is 26.2 Å². The van der Waals surface area contributed by atoms with Crippen LogP contribution in [-0.4, -0.2) is 43.2 Å². The van der Waals surface area contributed by atoms with E-state index >= 15 is 0 Å². The summed E-state index contributed by atoms with van der Waals surface area (Å²) in [7, 11) is 2.63. The lowest BCUT2D eigenvalue weighted by Gasteiger charge is -2.32. The Morgan fingerprint density at radius 1 is 1.18 bits per heavy atom. The Bertz CT molecular complexity index is 571. The van der Waals surface area contributed by atoms with Gasteiger partial charge in [-0.15, -0.1) is 0 Å². The summed E-state index contributed by atoms with van der Waals surface area (Å²) < 4.78 is 25.9. The van der Waals surface area contributed by atoms with Gasteiger partial charge in [-0.3, -0.25) is 4.79 Å². The molecule has 0 aromatic heterocycles. The molecule has 1 saturated heterocycles. The Morgan fingerprint density at radius 3 is 2.23 bits per heavy atom. The third-order valence-electron chi connectivity index (χ3n) is 4.42. The van der Waals surface area contributed by atoms with Gasteiger partial charge in [0.05, 0.1) is 17.6 Å². The molecule has 4 nitrogen and oxygen atoms in total. The molecule has 22 heavy (non-hydrogen) atoms. The summed E-state index contributed by atoms with van der Waals surface area (Å²) in [5, 5.41) is 0. The van der Waals surface area contributed by atoms with Crippen molar-refractivity contribution < 1.29 is 18.5 Å². The lowest BCUT2D eigenvalue weighted by atomic mass is 9.77. The number of benzene rings is 1. The summed E-state index contributed by atoms with van der Waals surface area (Å²) >= 11 is 0. The van der Waals surface area contributed by atoms with Crippen molar-refractivity contribution in [2.24, 2.45) is 0 Å². The molecular weight excluding hydrogens is 284 g/mol. The molecule has 0 spiro atoms. The molecule has 0 radical (unpaired) electrons. The Kier molecular flexibility index (Phi) is 4.37. The van der Waals surface area contributed by atoms with Crippen LogP contribution in [0.4, 0.5) is 4.39 Å². The van der Waals surface area contributed by atoms with E-state index in [0.717, 1.165) is 5.56 Å². The molecule has 0 N–H and O–H groups in total. The predicted molar refractivity (Wildman–Crippen MR) is 84.5 cm³/mol. The fourth-order valence-corrected chi connectivity index (χ4v) is 2.19. The van der Waals surface area contributed by atoms with Gasteiger partial charge in [0.2, 0.25) is 5.91 Å². The molecule has 1 aliphatic rings. The molecule has 1 heterocycles. The lowest BCUT2D eigenvalue weighted by Crippen LogP contribution is -2.41. The van der Waals surface area contributed by atoms with Gasteiger partial charge in [-0.2, -0.15) is 0 Å². The van der Waals surface area contributed by atoms with Crippen molar-refractivity contribution in [2.45, 2.75) is 45.3 Å². The van der Waals surface area contributed by atoms with Crippen molar-refractivity contribution in [1.29, 1.82) is 0 Å². The number of halogens is 1. The molecule has 0 bridgehead atoms. The highest BCUT2D eigenvalue weighted by molar-refractivity contribution is 6.62. The Balaban J connectivity index is 2.27. The van der Waals surface area contributed by atoms with Gasteiger partial charge in [-0.25, -0.2) is 4.39 Å². The number of likely N-dealkylation sites (N-methyl/N-ethyl adjacent to an activating group) is 1. The minimum absolute atomic E-state index is 0.0357. The molecule has 0 aliphatic carbocycles. The van der Waals surface area contributed by atoms with Gasteiger partial charge in [-0.05, 0) is 39.3 Å². The van der Waals surface area contributed by atoms with Gasteiger partial charge in [0, 0.05) is 19.6 Å². The average molecular weight is 307 g/mol. The fraction of sp³-hybridized carbons (Fsp3) is 0.562. The van der Waals surface area contributed by atoms with Crippen molar-refractivity contribution in [3.05, 3.63) is 29.6 Å². The molecule has 0 atom stereocenters. The molecule has 120 valence electrons. The van der Waals surface area contributed by atoms with Crippen LogP contribution in [0.5, 0.6) is 0 Å². The van der Waals surface area contributed by atoms with Gasteiger partial charge in [-0.1, -0.05) is 12.1 Å². The zero-order chi connectivity index (χ0) is 16.7. The smallest absolute Gasteiger partial charge is 0.399 e. The monoisotopic (exact) mass is 307 g/mol. The van der Waals surface area contributed by atoms with E-state index < -0.39 is 18.3 Å². The van der Waals surface area contributed by atoms with Crippen LogP contribution < -0.4 is 5.46 Å². The molecule has 1 aromatic carbocycles. The average Bonchev–Trinajstić information content (AvgIpc) is 2.60. The summed E-state index contributed by atoms with van der Waals surface area (Å²) in [6, 6.07) is 4.63. The van der Waals surface area contributed by atoms with Crippen molar-refractivity contribution in [1.82, 2.24) is 4.90 Å². The fourth-order valence-electron chi connectivity index (χ4n) is 2.19. The number of hydrogen-bond acceptors (Lipinski definition) is 3. The zero-order valence-corrected chi connectivity index (χ0v) is 14.1. The van der Waals surface area contributed by atoms with Gasteiger partial charge in [0.1, 0.15) is 5.82 Å². The van der Waals surface area contributed by atoms with Gasteiger partial charge in [0.25, 0.3) is 0 Å². The third-order valence-corrected chi connectivity index (χ3v) is 4.42. The highest BCUT2D eigenvalue weighted by atomic mass is 19.1. The minimum atomic E-state index is -0.764. The second-order valence-corrected chi connectivity index (χ2v) is 6.91. The first-order valence-electron chi connectivity index (χ1n) is 7.37. The third kappa shape index (κ3) is 3.18. The predicted octanol–water partition coefficient (Wildman–Crippen LogP) is 1.76. The van der Waals surface area contributed by atoms with Gasteiger partial charge < -0.3 is 14.2 Å².